The van der Waals surface area contributed by atoms with Gasteiger partial charge in [0.05, 0.1) is 12.1 Å². The summed E-state index contributed by atoms with van der Waals surface area (Å²) in [4.78, 5) is 4.37. The number of nitrogens with one attached hydrogen (secondary N) is 1. The van der Waals surface area contributed by atoms with Crippen LogP contribution in [0, 0.1) is 12.7 Å². The Kier molecular flexibility index (Phi) is 4.20. The van der Waals surface area contributed by atoms with Crippen LogP contribution < -0.4 is 10.1 Å². The molecule has 2 rings (SSSR count). The SMILES string of the molecule is CCCNc1cc(C)nc2cc(F)c(OCC)cc12. The Morgan fingerprint density at radius 2 is 2.05 bits per heavy atom. The number of benzene rings is 1. The molecule has 0 saturated carbocycles. The highest BCUT2D eigenvalue weighted by atomic mass is 19.1. The lowest BCUT2D eigenvalue weighted by atomic mass is 10.1. The number of hydrogen-bond donors (Lipinski definition) is 1. The van der Waals surface area contributed by atoms with Gasteiger partial charge in [-0.05, 0) is 32.4 Å². The van der Waals surface area contributed by atoms with Crippen molar-refractivity contribution in [3.05, 3.63) is 29.7 Å². The quantitative estimate of drug-likeness (QED) is 0.887. The molecule has 3 nitrogen and oxygen atoms in total. The molecule has 4 heteroatoms. The third-order valence-corrected chi connectivity index (χ3v) is 2.86. The van der Waals surface area contributed by atoms with Crippen molar-refractivity contribution in [2.75, 3.05) is 18.5 Å². The third-order valence-electron chi connectivity index (χ3n) is 2.86. The van der Waals surface area contributed by atoms with Crippen LogP contribution in [-0.2, 0) is 0 Å². The second kappa shape index (κ2) is 5.87. The highest BCUT2D eigenvalue weighted by molar-refractivity contribution is 5.92. The van der Waals surface area contributed by atoms with Gasteiger partial charge in [0.15, 0.2) is 11.6 Å². The maximum atomic E-state index is 13.8. The second-order valence-corrected chi connectivity index (χ2v) is 4.47. The van der Waals surface area contributed by atoms with E-state index < -0.39 is 0 Å². The maximum absolute atomic E-state index is 13.8. The summed E-state index contributed by atoms with van der Waals surface area (Å²) in [6, 6.07) is 5.13. The molecule has 0 aliphatic heterocycles. The Morgan fingerprint density at radius 3 is 2.74 bits per heavy atom. The minimum Gasteiger partial charge on any atom is -0.491 e. The molecule has 0 fully saturated rings. The fourth-order valence-electron chi connectivity index (χ4n) is 2.03. The number of fused-ring (bicyclic) bond motifs is 1. The van der Waals surface area contributed by atoms with Gasteiger partial charge in [-0.25, -0.2) is 4.39 Å². The van der Waals surface area contributed by atoms with Gasteiger partial charge in [0, 0.05) is 29.4 Å². The molecule has 0 atom stereocenters. The zero-order valence-electron chi connectivity index (χ0n) is 11.6. The molecule has 0 amide bonds. The fraction of sp³-hybridized carbons (Fsp3) is 0.400. The van der Waals surface area contributed by atoms with E-state index in [9.17, 15) is 4.39 Å². The first-order chi connectivity index (χ1) is 9.15. The minimum absolute atomic E-state index is 0.278. The number of hydrogen-bond acceptors (Lipinski definition) is 3. The van der Waals surface area contributed by atoms with Gasteiger partial charge in [0.1, 0.15) is 0 Å². The minimum atomic E-state index is -0.367. The van der Waals surface area contributed by atoms with Gasteiger partial charge < -0.3 is 10.1 Å². The van der Waals surface area contributed by atoms with Gasteiger partial charge in [-0.2, -0.15) is 0 Å². The van der Waals surface area contributed by atoms with E-state index in [1.54, 1.807) is 6.07 Å². The average Bonchev–Trinajstić information content (AvgIpc) is 2.37. The molecule has 102 valence electrons. The summed E-state index contributed by atoms with van der Waals surface area (Å²) in [5.41, 5.74) is 2.50. The van der Waals surface area contributed by atoms with Crippen molar-refractivity contribution in [1.29, 1.82) is 0 Å². The van der Waals surface area contributed by atoms with Crippen molar-refractivity contribution in [3.63, 3.8) is 0 Å². The zero-order valence-corrected chi connectivity index (χ0v) is 11.6. The Morgan fingerprint density at radius 1 is 1.26 bits per heavy atom. The highest BCUT2D eigenvalue weighted by Crippen LogP contribution is 2.29. The van der Waals surface area contributed by atoms with Gasteiger partial charge in [-0.15, -0.1) is 0 Å². The number of aryl methyl sites for hydroxylation is 1. The summed E-state index contributed by atoms with van der Waals surface area (Å²) in [5.74, 6) is -0.0888. The number of ether oxygens (including phenoxy) is 1. The van der Waals surface area contributed by atoms with Crippen molar-refractivity contribution in [2.24, 2.45) is 0 Å². The molecular formula is C15H19FN2O. The standard InChI is InChI=1S/C15H19FN2O/c1-4-6-17-13-7-10(3)18-14-9-12(16)15(19-5-2)8-11(13)14/h7-9H,4-6H2,1-3H3,(H,17,18). The van der Waals surface area contributed by atoms with Crippen LogP contribution in [0.15, 0.2) is 18.2 Å². The molecule has 0 aliphatic carbocycles. The van der Waals surface area contributed by atoms with Crippen LogP contribution in [-0.4, -0.2) is 18.1 Å². The summed E-state index contributed by atoms with van der Waals surface area (Å²) in [7, 11) is 0. The molecule has 1 heterocycles. The highest BCUT2D eigenvalue weighted by Gasteiger charge is 2.10. The smallest absolute Gasteiger partial charge is 0.167 e. The van der Waals surface area contributed by atoms with Crippen LogP contribution in [0.4, 0.5) is 10.1 Å². The predicted molar refractivity (Wildman–Crippen MR) is 76.4 cm³/mol. The Balaban J connectivity index is 2.56. The van der Waals surface area contributed by atoms with Crippen molar-refractivity contribution >= 4 is 16.6 Å². The Labute approximate surface area is 112 Å². The lowest BCUT2D eigenvalue weighted by molar-refractivity contribution is 0.322. The van der Waals surface area contributed by atoms with Crippen molar-refractivity contribution in [1.82, 2.24) is 4.98 Å². The van der Waals surface area contributed by atoms with Crippen LogP contribution in [0.1, 0.15) is 26.0 Å². The molecule has 19 heavy (non-hydrogen) atoms. The van der Waals surface area contributed by atoms with E-state index in [0.717, 1.165) is 29.7 Å². The number of nitrogens with zero attached hydrogens (tertiary/aromatic N) is 1. The van der Waals surface area contributed by atoms with E-state index in [-0.39, 0.29) is 11.6 Å². The lowest BCUT2D eigenvalue weighted by Gasteiger charge is -2.12. The molecule has 1 N–H and O–H groups in total. The van der Waals surface area contributed by atoms with E-state index in [1.807, 2.05) is 19.9 Å². The molecular weight excluding hydrogens is 243 g/mol. The molecule has 1 aromatic heterocycles. The normalized spacial score (nSPS) is 10.7. The topological polar surface area (TPSA) is 34.2 Å². The third kappa shape index (κ3) is 2.95. The van der Waals surface area contributed by atoms with Crippen LogP contribution in [0.2, 0.25) is 0 Å². The largest absolute Gasteiger partial charge is 0.491 e. The van der Waals surface area contributed by atoms with Gasteiger partial charge in [0.25, 0.3) is 0 Å². The lowest BCUT2D eigenvalue weighted by Crippen LogP contribution is -2.03. The van der Waals surface area contributed by atoms with Crippen molar-refractivity contribution < 1.29 is 9.13 Å². The van der Waals surface area contributed by atoms with Crippen molar-refractivity contribution in [2.45, 2.75) is 27.2 Å². The van der Waals surface area contributed by atoms with Gasteiger partial charge in [-0.1, -0.05) is 6.92 Å². The average molecular weight is 262 g/mol. The molecule has 0 radical (unpaired) electrons. The van der Waals surface area contributed by atoms with Gasteiger partial charge in [-0.3, -0.25) is 4.98 Å². The first kappa shape index (κ1) is 13.6. The molecule has 1 aromatic carbocycles. The molecule has 0 spiro atoms. The summed E-state index contributed by atoms with van der Waals surface area (Å²) in [6.45, 7) is 7.17. The number of aromatic nitrogens is 1. The predicted octanol–water partition coefficient (Wildman–Crippen LogP) is 3.90. The molecule has 2 aromatic rings. The first-order valence-corrected chi connectivity index (χ1v) is 6.63. The summed E-state index contributed by atoms with van der Waals surface area (Å²) in [5, 5.41) is 4.24. The van der Waals surface area contributed by atoms with E-state index in [4.69, 9.17) is 4.74 Å². The van der Waals surface area contributed by atoms with Crippen LogP contribution in [0.25, 0.3) is 10.9 Å². The number of halogens is 1. The number of pyridine rings is 1. The van der Waals surface area contributed by atoms with E-state index in [0.29, 0.717) is 12.1 Å². The summed E-state index contributed by atoms with van der Waals surface area (Å²) < 4.78 is 19.1. The Hall–Kier alpha value is -1.84. The monoisotopic (exact) mass is 262 g/mol. The van der Waals surface area contributed by atoms with Crippen LogP contribution >= 0.6 is 0 Å². The fourth-order valence-corrected chi connectivity index (χ4v) is 2.03. The van der Waals surface area contributed by atoms with Gasteiger partial charge >= 0.3 is 0 Å². The molecule has 0 unspecified atom stereocenters. The first-order valence-electron chi connectivity index (χ1n) is 6.63. The van der Waals surface area contributed by atoms with Crippen molar-refractivity contribution in [3.8, 4) is 5.75 Å². The molecule has 0 saturated heterocycles. The zero-order chi connectivity index (χ0) is 13.8. The second-order valence-electron chi connectivity index (χ2n) is 4.47. The van der Waals surface area contributed by atoms with Crippen LogP contribution in [0.3, 0.4) is 0 Å². The number of rotatable bonds is 5. The molecule has 0 aliphatic rings. The molecule has 0 bridgehead atoms. The summed E-state index contributed by atoms with van der Waals surface area (Å²) in [6.07, 6.45) is 1.03. The van der Waals surface area contributed by atoms with Gasteiger partial charge in [0.2, 0.25) is 0 Å². The maximum Gasteiger partial charge on any atom is 0.167 e. The summed E-state index contributed by atoms with van der Waals surface area (Å²) >= 11 is 0. The number of anilines is 1. The Bertz CT molecular complexity index is 584. The van der Waals surface area contributed by atoms with E-state index in [1.165, 1.54) is 6.07 Å². The van der Waals surface area contributed by atoms with E-state index >= 15 is 0 Å². The van der Waals surface area contributed by atoms with Crippen LogP contribution in [0.5, 0.6) is 5.75 Å². The van der Waals surface area contributed by atoms with E-state index in [2.05, 4.69) is 17.2 Å².